The van der Waals surface area contributed by atoms with E-state index in [1.807, 2.05) is 51.1 Å². The summed E-state index contributed by atoms with van der Waals surface area (Å²) in [4.78, 5) is 0. The Kier molecular flexibility index (Phi) is 3.53. The van der Waals surface area contributed by atoms with E-state index in [1.54, 1.807) is 0 Å². The minimum Gasteiger partial charge on any atom is -0.325 e. The second-order valence-electron chi connectivity index (χ2n) is 5.45. The van der Waals surface area contributed by atoms with Crippen LogP contribution in [0, 0.1) is 0 Å². The molecule has 1 unspecified atom stereocenters. The van der Waals surface area contributed by atoms with Gasteiger partial charge in [-0.15, -0.1) is 0 Å². The summed E-state index contributed by atoms with van der Waals surface area (Å²) in [5.41, 5.74) is 2.24. The Labute approximate surface area is 110 Å². The fourth-order valence-electron chi connectivity index (χ4n) is 2.82. The van der Waals surface area contributed by atoms with Crippen LogP contribution in [0.3, 0.4) is 0 Å². The fraction of sp³-hybridized carbons (Fsp3) is 0.467. The topological polar surface area (TPSA) is 26.3 Å². The second-order valence-corrected chi connectivity index (χ2v) is 8.47. The molecule has 98 valence electrons. The van der Waals surface area contributed by atoms with Crippen molar-refractivity contribution in [2.24, 2.45) is 0 Å². The van der Waals surface area contributed by atoms with Gasteiger partial charge in [-0.25, -0.2) is 0 Å². The molecule has 1 heterocycles. The lowest BCUT2D eigenvalue weighted by Gasteiger charge is -2.29. The van der Waals surface area contributed by atoms with Crippen molar-refractivity contribution in [3.05, 3.63) is 41.5 Å². The lowest BCUT2D eigenvalue weighted by atomic mass is 10.0. The predicted molar refractivity (Wildman–Crippen MR) is 77.0 cm³/mol. The van der Waals surface area contributed by atoms with E-state index in [1.165, 1.54) is 5.57 Å². The highest BCUT2D eigenvalue weighted by Gasteiger charge is 2.50. The number of allylic oxidation sites excluding steroid dienone is 1. The van der Waals surface area contributed by atoms with Gasteiger partial charge in [0.2, 0.25) is 7.37 Å². The van der Waals surface area contributed by atoms with Gasteiger partial charge in [-0.2, -0.15) is 0 Å². The van der Waals surface area contributed by atoms with Crippen LogP contribution in [0.4, 0.5) is 0 Å². The lowest BCUT2D eigenvalue weighted by molar-refractivity contribution is 0.325. The Balaban J connectivity index is 2.57. The molecule has 0 radical (unpaired) electrons. The minimum absolute atomic E-state index is 0.293. The zero-order chi connectivity index (χ0) is 13.4. The van der Waals surface area contributed by atoms with Gasteiger partial charge in [0.05, 0.1) is 6.61 Å². The van der Waals surface area contributed by atoms with E-state index >= 15 is 0 Å². The molecule has 2 nitrogen and oxygen atoms in total. The predicted octanol–water partition coefficient (Wildman–Crippen LogP) is 4.91. The molecule has 0 amide bonds. The normalized spacial score (nSPS) is 26.7. The SMILES string of the molecule is CCOP1(=O)C(c2ccccc2)=C(C)CC1(C)C. The maximum absolute atomic E-state index is 13.3. The highest BCUT2D eigenvalue weighted by atomic mass is 31.2. The molecule has 0 bridgehead atoms. The fourth-order valence-corrected chi connectivity index (χ4v) is 5.79. The summed E-state index contributed by atoms with van der Waals surface area (Å²) in [6.45, 7) is 8.56. The minimum atomic E-state index is -2.78. The van der Waals surface area contributed by atoms with Crippen molar-refractivity contribution in [3.63, 3.8) is 0 Å². The van der Waals surface area contributed by atoms with Gasteiger partial charge < -0.3 is 4.52 Å². The van der Waals surface area contributed by atoms with Crippen LogP contribution in [0.1, 0.15) is 39.7 Å². The molecule has 0 saturated heterocycles. The Hall–Kier alpha value is -0.850. The van der Waals surface area contributed by atoms with E-state index < -0.39 is 7.37 Å². The van der Waals surface area contributed by atoms with Crippen molar-refractivity contribution in [1.82, 2.24) is 0 Å². The van der Waals surface area contributed by atoms with Gasteiger partial charge in [-0.3, -0.25) is 4.57 Å². The van der Waals surface area contributed by atoms with E-state index in [2.05, 4.69) is 6.92 Å². The summed E-state index contributed by atoms with van der Waals surface area (Å²) in [5.74, 6) is 0. The highest BCUT2D eigenvalue weighted by Crippen LogP contribution is 2.75. The molecule has 2 rings (SSSR count). The maximum atomic E-state index is 13.3. The monoisotopic (exact) mass is 264 g/mol. The molecule has 0 N–H and O–H groups in total. The first kappa shape index (κ1) is 13.6. The van der Waals surface area contributed by atoms with Gasteiger partial charge in [0.25, 0.3) is 0 Å². The Morgan fingerprint density at radius 2 is 1.89 bits per heavy atom. The lowest BCUT2D eigenvalue weighted by Crippen LogP contribution is -2.17. The molecule has 0 fully saturated rings. The molecule has 1 aliphatic heterocycles. The van der Waals surface area contributed by atoms with E-state index in [4.69, 9.17) is 4.52 Å². The van der Waals surface area contributed by atoms with Crippen molar-refractivity contribution in [2.75, 3.05) is 6.61 Å². The first-order valence-electron chi connectivity index (χ1n) is 6.43. The summed E-state index contributed by atoms with van der Waals surface area (Å²) in [7, 11) is -2.78. The number of hydrogen-bond acceptors (Lipinski definition) is 2. The maximum Gasteiger partial charge on any atom is 0.238 e. The van der Waals surface area contributed by atoms with Crippen LogP contribution < -0.4 is 0 Å². The molecule has 0 spiro atoms. The number of rotatable bonds is 3. The molecule has 18 heavy (non-hydrogen) atoms. The van der Waals surface area contributed by atoms with Gasteiger partial charge in [-0.1, -0.05) is 49.8 Å². The van der Waals surface area contributed by atoms with E-state index in [0.717, 1.165) is 17.3 Å². The van der Waals surface area contributed by atoms with Crippen molar-refractivity contribution in [3.8, 4) is 0 Å². The Bertz CT molecular complexity index is 515. The molecular weight excluding hydrogens is 243 g/mol. The Morgan fingerprint density at radius 3 is 2.44 bits per heavy atom. The van der Waals surface area contributed by atoms with E-state index in [-0.39, 0.29) is 5.16 Å². The van der Waals surface area contributed by atoms with Gasteiger partial charge in [-0.05, 0) is 25.8 Å². The molecule has 1 aromatic carbocycles. The molecule has 1 aromatic rings. The third-order valence-corrected chi connectivity index (χ3v) is 7.15. The van der Waals surface area contributed by atoms with Crippen LogP contribution in [0.5, 0.6) is 0 Å². The van der Waals surface area contributed by atoms with Crippen molar-refractivity contribution < 1.29 is 9.09 Å². The number of hydrogen-bond donors (Lipinski definition) is 0. The van der Waals surface area contributed by atoms with E-state index in [9.17, 15) is 4.57 Å². The summed E-state index contributed by atoms with van der Waals surface area (Å²) in [6, 6.07) is 9.98. The number of benzene rings is 1. The molecule has 0 aliphatic carbocycles. The molecule has 0 aromatic heterocycles. The summed E-state index contributed by atoms with van der Waals surface area (Å²) >= 11 is 0. The van der Waals surface area contributed by atoms with E-state index in [0.29, 0.717) is 6.61 Å². The molecule has 3 heteroatoms. The average molecular weight is 264 g/mol. The average Bonchev–Trinajstić information content (AvgIpc) is 2.46. The molecule has 1 atom stereocenters. The van der Waals surface area contributed by atoms with Gasteiger partial charge in [0.1, 0.15) is 0 Å². The van der Waals surface area contributed by atoms with Gasteiger partial charge in [0.15, 0.2) is 0 Å². The van der Waals surface area contributed by atoms with Crippen LogP contribution in [0.25, 0.3) is 5.31 Å². The quantitative estimate of drug-likeness (QED) is 0.725. The van der Waals surface area contributed by atoms with Crippen molar-refractivity contribution in [1.29, 1.82) is 0 Å². The zero-order valence-corrected chi connectivity index (χ0v) is 12.5. The van der Waals surface area contributed by atoms with Crippen LogP contribution in [0.2, 0.25) is 0 Å². The standard InChI is InChI=1S/C15H21O2P/c1-5-17-18(16)14(12(2)11-15(18,3)4)13-9-7-6-8-10-13/h6-10H,5,11H2,1-4H3. The van der Waals surface area contributed by atoms with Crippen molar-refractivity contribution in [2.45, 2.75) is 39.3 Å². The highest BCUT2D eigenvalue weighted by molar-refractivity contribution is 7.71. The first-order chi connectivity index (χ1) is 8.42. The zero-order valence-electron chi connectivity index (χ0n) is 11.6. The third kappa shape index (κ3) is 1.98. The largest absolute Gasteiger partial charge is 0.325 e. The third-order valence-electron chi connectivity index (χ3n) is 3.55. The van der Waals surface area contributed by atoms with Crippen LogP contribution in [-0.2, 0) is 9.09 Å². The van der Waals surface area contributed by atoms with Crippen molar-refractivity contribution >= 4 is 12.7 Å². The van der Waals surface area contributed by atoms with Crippen LogP contribution in [0.15, 0.2) is 35.9 Å². The molecule has 1 aliphatic rings. The molecular formula is C15H21O2P. The summed E-state index contributed by atoms with van der Waals surface area (Å²) in [6.07, 6.45) is 0.842. The van der Waals surface area contributed by atoms with Crippen LogP contribution in [-0.4, -0.2) is 11.8 Å². The second kappa shape index (κ2) is 4.68. The smallest absolute Gasteiger partial charge is 0.238 e. The Morgan fingerprint density at radius 1 is 1.28 bits per heavy atom. The van der Waals surface area contributed by atoms with Gasteiger partial charge >= 0.3 is 0 Å². The molecule has 0 saturated carbocycles. The summed E-state index contributed by atoms with van der Waals surface area (Å²) in [5, 5.41) is 0.646. The van der Waals surface area contributed by atoms with Gasteiger partial charge in [0, 0.05) is 10.5 Å². The first-order valence-corrected chi connectivity index (χ1v) is 8.05. The summed E-state index contributed by atoms with van der Waals surface area (Å²) < 4.78 is 19.1. The van der Waals surface area contributed by atoms with Crippen LogP contribution >= 0.6 is 7.37 Å².